The number of amides is 1. The van der Waals surface area contributed by atoms with Crippen molar-refractivity contribution in [2.45, 2.75) is 51.9 Å². The monoisotopic (exact) mass is 430 g/mol. The van der Waals surface area contributed by atoms with Crippen LogP contribution in [0.1, 0.15) is 59.2 Å². The average Bonchev–Trinajstić information content (AvgIpc) is 3.15. The van der Waals surface area contributed by atoms with Crippen LogP contribution in [0.3, 0.4) is 0 Å². The number of anilines is 2. The Morgan fingerprint density at radius 2 is 1.90 bits per heavy atom. The van der Waals surface area contributed by atoms with E-state index in [9.17, 15) is 15.3 Å². The lowest BCUT2D eigenvalue weighted by Gasteiger charge is -2.29. The van der Waals surface area contributed by atoms with Crippen molar-refractivity contribution in [3.63, 3.8) is 0 Å². The van der Waals surface area contributed by atoms with Crippen molar-refractivity contribution in [2.75, 3.05) is 23.3 Å². The van der Waals surface area contributed by atoms with Crippen LogP contribution in [-0.2, 0) is 17.6 Å². The zero-order chi connectivity index (χ0) is 21.8. The molecule has 158 valence electrons. The SMILES string of the molecule is Cc1cc(N2CCCCC2)ccc1/C=C(\C#N)C(=O)Nc1sc2c(c1C#N)CCCC2. The molecule has 6 heteroatoms. The molecule has 0 saturated carbocycles. The number of rotatable bonds is 4. The van der Waals surface area contributed by atoms with E-state index < -0.39 is 5.91 Å². The molecule has 1 aliphatic heterocycles. The number of nitrogens with one attached hydrogen (secondary N) is 1. The van der Waals surface area contributed by atoms with E-state index in [-0.39, 0.29) is 5.57 Å². The van der Waals surface area contributed by atoms with Crippen LogP contribution >= 0.6 is 11.3 Å². The molecule has 1 aliphatic carbocycles. The van der Waals surface area contributed by atoms with E-state index in [0.29, 0.717) is 10.6 Å². The zero-order valence-corrected chi connectivity index (χ0v) is 18.6. The van der Waals surface area contributed by atoms with Crippen molar-refractivity contribution in [1.29, 1.82) is 10.5 Å². The highest BCUT2D eigenvalue weighted by Gasteiger charge is 2.23. The molecule has 0 radical (unpaired) electrons. The quantitative estimate of drug-likeness (QED) is 0.524. The van der Waals surface area contributed by atoms with Crippen LogP contribution in [-0.4, -0.2) is 19.0 Å². The van der Waals surface area contributed by atoms with Crippen LogP contribution in [0.15, 0.2) is 23.8 Å². The van der Waals surface area contributed by atoms with Gasteiger partial charge in [-0.25, -0.2) is 0 Å². The molecule has 5 nitrogen and oxygen atoms in total. The number of hydrogen-bond donors (Lipinski definition) is 1. The molecule has 2 aliphatic rings. The summed E-state index contributed by atoms with van der Waals surface area (Å²) in [6.45, 7) is 4.16. The summed E-state index contributed by atoms with van der Waals surface area (Å²) in [6, 6.07) is 10.5. The zero-order valence-electron chi connectivity index (χ0n) is 17.8. The molecule has 0 atom stereocenters. The number of carbonyl (C=O) groups excluding carboxylic acids is 1. The predicted molar refractivity (Wildman–Crippen MR) is 125 cm³/mol. The number of nitrogens with zero attached hydrogens (tertiary/aromatic N) is 3. The summed E-state index contributed by atoms with van der Waals surface area (Å²) >= 11 is 1.47. The van der Waals surface area contributed by atoms with Gasteiger partial charge in [-0.2, -0.15) is 10.5 Å². The molecule has 1 aromatic heterocycles. The highest BCUT2D eigenvalue weighted by Crippen LogP contribution is 2.37. The van der Waals surface area contributed by atoms with Gasteiger partial charge in [0, 0.05) is 23.7 Å². The lowest BCUT2D eigenvalue weighted by molar-refractivity contribution is -0.112. The van der Waals surface area contributed by atoms with Crippen molar-refractivity contribution >= 4 is 34.0 Å². The number of thiophene rings is 1. The average molecular weight is 431 g/mol. The first-order chi connectivity index (χ1) is 15.1. The van der Waals surface area contributed by atoms with Crippen molar-refractivity contribution in [3.8, 4) is 12.1 Å². The van der Waals surface area contributed by atoms with Crippen LogP contribution in [0.4, 0.5) is 10.7 Å². The molecule has 0 unspecified atom stereocenters. The van der Waals surface area contributed by atoms with Crippen molar-refractivity contribution in [3.05, 3.63) is 50.9 Å². The van der Waals surface area contributed by atoms with Crippen LogP contribution in [0.25, 0.3) is 6.08 Å². The molecular weight excluding hydrogens is 404 g/mol. The minimum absolute atomic E-state index is 0.0454. The number of fused-ring (bicyclic) bond motifs is 1. The van der Waals surface area contributed by atoms with E-state index in [1.165, 1.54) is 41.2 Å². The molecule has 1 amide bonds. The highest BCUT2D eigenvalue weighted by atomic mass is 32.1. The number of benzene rings is 1. The molecule has 4 rings (SSSR count). The smallest absolute Gasteiger partial charge is 0.266 e. The van der Waals surface area contributed by atoms with E-state index in [2.05, 4.69) is 28.4 Å². The Kier molecular flexibility index (Phi) is 6.39. The summed E-state index contributed by atoms with van der Waals surface area (Å²) in [5.74, 6) is -0.461. The van der Waals surface area contributed by atoms with E-state index in [0.717, 1.165) is 55.5 Å². The van der Waals surface area contributed by atoms with Crippen molar-refractivity contribution in [1.82, 2.24) is 0 Å². The van der Waals surface area contributed by atoms with Crippen molar-refractivity contribution in [2.24, 2.45) is 0 Å². The number of aryl methyl sites for hydroxylation is 2. The second-order valence-electron chi connectivity index (χ2n) is 8.24. The first kappa shape index (κ1) is 21.2. The Balaban J connectivity index is 1.55. The highest BCUT2D eigenvalue weighted by molar-refractivity contribution is 7.16. The topological polar surface area (TPSA) is 79.9 Å². The minimum atomic E-state index is -0.461. The lowest BCUT2D eigenvalue weighted by Crippen LogP contribution is -2.29. The van der Waals surface area contributed by atoms with Gasteiger partial charge in [-0.05, 0) is 86.8 Å². The van der Waals surface area contributed by atoms with Gasteiger partial charge in [0.15, 0.2) is 0 Å². The largest absolute Gasteiger partial charge is 0.372 e. The van der Waals surface area contributed by atoms with Gasteiger partial charge in [0.1, 0.15) is 22.7 Å². The van der Waals surface area contributed by atoms with Crippen molar-refractivity contribution < 1.29 is 4.79 Å². The fraction of sp³-hybridized carbons (Fsp3) is 0.400. The third-order valence-electron chi connectivity index (χ3n) is 6.15. The normalized spacial score (nSPS) is 16.2. The van der Waals surface area contributed by atoms with Gasteiger partial charge in [-0.15, -0.1) is 11.3 Å². The van der Waals surface area contributed by atoms with E-state index in [1.54, 1.807) is 6.08 Å². The third kappa shape index (κ3) is 4.50. The molecule has 1 fully saturated rings. The second-order valence-corrected chi connectivity index (χ2v) is 9.34. The first-order valence-corrected chi connectivity index (χ1v) is 11.8. The number of piperidine rings is 1. The van der Waals surface area contributed by atoms with Gasteiger partial charge in [0.05, 0.1) is 5.56 Å². The van der Waals surface area contributed by atoms with Gasteiger partial charge < -0.3 is 10.2 Å². The standard InChI is InChI=1S/C25H26N4OS/c1-17-13-20(29-11-5-2-6-12-29)10-9-18(17)14-19(15-26)24(30)28-25-22(16-27)21-7-3-4-8-23(21)31-25/h9-10,13-14H,2-8,11-12H2,1H3,(H,28,30)/b19-14+. The molecule has 0 bridgehead atoms. The first-order valence-electron chi connectivity index (χ1n) is 10.9. The van der Waals surface area contributed by atoms with Crippen LogP contribution < -0.4 is 10.2 Å². The molecular formula is C25H26N4OS. The van der Waals surface area contributed by atoms with Crippen LogP contribution in [0.2, 0.25) is 0 Å². The Morgan fingerprint density at radius 3 is 2.61 bits per heavy atom. The molecule has 2 heterocycles. The molecule has 0 spiro atoms. The summed E-state index contributed by atoms with van der Waals surface area (Å²) in [6.07, 6.45) is 9.39. The summed E-state index contributed by atoms with van der Waals surface area (Å²) < 4.78 is 0. The fourth-order valence-electron chi connectivity index (χ4n) is 4.42. The van der Waals surface area contributed by atoms with E-state index in [1.807, 2.05) is 19.1 Å². The van der Waals surface area contributed by atoms with Crippen LogP contribution in [0.5, 0.6) is 0 Å². The minimum Gasteiger partial charge on any atom is -0.372 e. The Hall–Kier alpha value is -3.09. The van der Waals surface area contributed by atoms with E-state index >= 15 is 0 Å². The lowest BCUT2D eigenvalue weighted by atomic mass is 9.96. The summed E-state index contributed by atoms with van der Waals surface area (Å²) in [5.41, 5.74) is 4.77. The Labute approximate surface area is 187 Å². The molecule has 2 aromatic rings. The van der Waals surface area contributed by atoms with Gasteiger partial charge >= 0.3 is 0 Å². The van der Waals surface area contributed by atoms with Gasteiger partial charge in [-0.3, -0.25) is 4.79 Å². The third-order valence-corrected chi connectivity index (χ3v) is 7.36. The maximum atomic E-state index is 12.8. The fourth-order valence-corrected chi connectivity index (χ4v) is 5.65. The second kappa shape index (κ2) is 9.37. The summed E-state index contributed by atoms with van der Waals surface area (Å²) in [4.78, 5) is 16.4. The number of hydrogen-bond acceptors (Lipinski definition) is 5. The summed E-state index contributed by atoms with van der Waals surface area (Å²) in [7, 11) is 0. The van der Waals surface area contributed by atoms with Gasteiger partial charge in [0.25, 0.3) is 5.91 Å². The molecule has 1 aromatic carbocycles. The predicted octanol–water partition coefficient (Wildman–Crippen LogP) is 5.34. The molecule has 1 saturated heterocycles. The van der Waals surface area contributed by atoms with Gasteiger partial charge in [0.2, 0.25) is 0 Å². The van der Waals surface area contributed by atoms with Crippen LogP contribution in [0, 0.1) is 29.6 Å². The number of nitriles is 2. The van der Waals surface area contributed by atoms with E-state index in [4.69, 9.17) is 0 Å². The molecule has 31 heavy (non-hydrogen) atoms. The van der Waals surface area contributed by atoms with Gasteiger partial charge in [-0.1, -0.05) is 6.07 Å². The molecule has 1 N–H and O–H groups in total. The summed E-state index contributed by atoms with van der Waals surface area (Å²) in [5, 5.41) is 22.6. The number of carbonyl (C=O) groups is 1. The Bertz CT molecular complexity index is 1110. The Morgan fingerprint density at radius 1 is 1.13 bits per heavy atom. The maximum absolute atomic E-state index is 12.8. The maximum Gasteiger partial charge on any atom is 0.266 e.